The molecule has 1 aliphatic rings. The highest BCUT2D eigenvalue weighted by Gasteiger charge is 2.19. The summed E-state index contributed by atoms with van der Waals surface area (Å²) in [7, 11) is 0. The molecule has 0 bridgehead atoms. The number of nitrogens with zero attached hydrogens (tertiary/aromatic N) is 2. The summed E-state index contributed by atoms with van der Waals surface area (Å²) >= 11 is 1.34. The van der Waals surface area contributed by atoms with Gasteiger partial charge in [-0.25, -0.2) is 4.98 Å². The summed E-state index contributed by atoms with van der Waals surface area (Å²) in [6.45, 7) is 1.57. The van der Waals surface area contributed by atoms with Crippen LogP contribution in [0.3, 0.4) is 0 Å². The van der Waals surface area contributed by atoms with Crippen molar-refractivity contribution in [3.63, 3.8) is 0 Å². The van der Waals surface area contributed by atoms with Crippen molar-refractivity contribution in [3.05, 3.63) is 74.1 Å². The van der Waals surface area contributed by atoms with Gasteiger partial charge in [0, 0.05) is 28.1 Å². The van der Waals surface area contributed by atoms with Crippen LogP contribution in [0.15, 0.2) is 41.8 Å². The lowest BCUT2D eigenvalue weighted by atomic mass is 10.1. The van der Waals surface area contributed by atoms with Crippen molar-refractivity contribution in [1.82, 2.24) is 4.98 Å². The van der Waals surface area contributed by atoms with Crippen LogP contribution in [0.2, 0.25) is 0 Å². The van der Waals surface area contributed by atoms with Gasteiger partial charge >= 0.3 is 0 Å². The van der Waals surface area contributed by atoms with Crippen molar-refractivity contribution in [2.24, 2.45) is 0 Å². The Morgan fingerprint density at radius 3 is 2.85 bits per heavy atom. The molecule has 0 atom stereocenters. The summed E-state index contributed by atoms with van der Waals surface area (Å²) in [4.78, 5) is 27.6. The maximum absolute atomic E-state index is 12.5. The number of benzene rings is 2. The van der Waals surface area contributed by atoms with Crippen LogP contribution in [-0.2, 0) is 12.8 Å². The number of hydrogen-bond acceptors (Lipinski definition) is 5. The molecule has 27 heavy (non-hydrogen) atoms. The van der Waals surface area contributed by atoms with Crippen LogP contribution in [0.1, 0.15) is 33.5 Å². The second kappa shape index (κ2) is 6.92. The Morgan fingerprint density at radius 2 is 2.04 bits per heavy atom. The quantitative estimate of drug-likeness (QED) is 0.523. The van der Waals surface area contributed by atoms with E-state index in [1.165, 1.54) is 41.0 Å². The van der Waals surface area contributed by atoms with E-state index in [9.17, 15) is 14.9 Å². The number of carbonyl (C=O) groups excluding carboxylic acids is 1. The van der Waals surface area contributed by atoms with E-state index >= 15 is 0 Å². The number of aromatic nitrogens is 1. The average molecular weight is 379 g/mol. The second-order valence-corrected chi connectivity index (χ2v) is 7.39. The molecule has 0 saturated heterocycles. The lowest BCUT2D eigenvalue weighted by molar-refractivity contribution is -0.385. The maximum atomic E-state index is 12.5. The zero-order chi connectivity index (χ0) is 19.0. The predicted molar refractivity (Wildman–Crippen MR) is 105 cm³/mol. The number of rotatable bonds is 4. The summed E-state index contributed by atoms with van der Waals surface area (Å²) in [5.41, 5.74) is 5.19. The van der Waals surface area contributed by atoms with E-state index in [0.717, 1.165) is 24.1 Å². The molecule has 0 fully saturated rings. The topological polar surface area (TPSA) is 85.1 Å². The third-order valence-electron chi connectivity index (χ3n) is 4.87. The van der Waals surface area contributed by atoms with Gasteiger partial charge in [0.25, 0.3) is 11.6 Å². The highest BCUT2D eigenvalue weighted by atomic mass is 32.1. The Balaban J connectivity index is 1.55. The van der Waals surface area contributed by atoms with E-state index < -0.39 is 10.8 Å². The minimum absolute atomic E-state index is 0.0689. The van der Waals surface area contributed by atoms with Crippen LogP contribution in [0.25, 0.3) is 11.3 Å². The summed E-state index contributed by atoms with van der Waals surface area (Å²) in [5.74, 6) is -0.397. The van der Waals surface area contributed by atoms with Crippen LogP contribution >= 0.6 is 11.3 Å². The van der Waals surface area contributed by atoms with E-state index in [1.54, 1.807) is 13.0 Å². The maximum Gasteiger partial charge on any atom is 0.273 e. The number of nitro benzene ring substituents is 1. The number of carbonyl (C=O) groups is 1. The predicted octanol–water partition coefficient (Wildman–Crippen LogP) is 4.77. The van der Waals surface area contributed by atoms with Gasteiger partial charge in [-0.05, 0) is 49.4 Å². The minimum Gasteiger partial charge on any atom is -0.298 e. The molecule has 0 radical (unpaired) electrons. The number of hydrogen-bond donors (Lipinski definition) is 1. The normalized spacial score (nSPS) is 12.6. The third-order valence-corrected chi connectivity index (χ3v) is 5.62. The molecule has 0 aliphatic heterocycles. The minimum atomic E-state index is -0.485. The van der Waals surface area contributed by atoms with Gasteiger partial charge in [-0.15, -0.1) is 11.3 Å². The van der Waals surface area contributed by atoms with Crippen molar-refractivity contribution in [3.8, 4) is 11.3 Å². The second-order valence-electron chi connectivity index (χ2n) is 6.54. The first kappa shape index (κ1) is 17.4. The Labute approximate surface area is 160 Å². The fourth-order valence-corrected chi connectivity index (χ4v) is 4.14. The lowest BCUT2D eigenvalue weighted by Gasteiger charge is -2.06. The fraction of sp³-hybridized carbons (Fsp3) is 0.200. The molecule has 1 amide bonds. The van der Waals surface area contributed by atoms with Gasteiger partial charge in [-0.3, -0.25) is 20.2 Å². The Kier molecular flexibility index (Phi) is 4.45. The number of thiazole rings is 1. The van der Waals surface area contributed by atoms with Crippen molar-refractivity contribution >= 4 is 28.1 Å². The highest BCUT2D eigenvalue weighted by molar-refractivity contribution is 7.14. The zero-order valence-corrected chi connectivity index (χ0v) is 15.5. The monoisotopic (exact) mass is 379 g/mol. The molecule has 1 heterocycles. The van der Waals surface area contributed by atoms with Gasteiger partial charge in [0.15, 0.2) is 5.13 Å². The molecule has 1 aromatic heterocycles. The smallest absolute Gasteiger partial charge is 0.273 e. The zero-order valence-electron chi connectivity index (χ0n) is 14.7. The van der Waals surface area contributed by atoms with E-state index in [1.807, 2.05) is 5.38 Å². The first-order valence-corrected chi connectivity index (χ1v) is 9.54. The Hall–Kier alpha value is -3.06. The molecule has 0 spiro atoms. The standard InChI is InChI=1S/C20H17N3O3S/c1-12-16(6-3-7-18(12)23(25)26)19(24)22-20-21-17(11-27-20)15-9-8-13-4-2-5-14(13)10-15/h3,6-11H,2,4-5H2,1H3,(H,21,22,24). The van der Waals surface area contributed by atoms with Crippen LogP contribution in [-0.4, -0.2) is 15.8 Å². The van der Waals surface area contributed by atoms with Crippen LogP contribution in [0.5, 0.6) is 0 Å². The summed E-state index contributed by atoms with van der Waals surface area (Å²) in [6, 6.07) is 10.9. The lowest BCUT2D eigenvalue weighted by Crippen LogP contribution is -2.14. The summed E-state index contributed by atoms with van der Waals surface area (Å²) in [6.07, 6.45) is 3.43. The van der Waals surface area contributed by atoms with Gasteiger partial charge in [-0.1, -0.05) is 18.2 Å². The molecular formula is C20H17N3O3S. The number of nitro groups is 1. The van der Waals surface area contributed by atoms with Crippen molar-refractivity contribution in [2.75, 3.05) is 5.32 Å². The SMILES string of the molecule is Cc1c(C(=O)Nc2nc(-c3ccc4c(c3)CCC4)cs2)cccc1[N+](=O)[O-]. The molecule has 4 rings (SSSR count). The van der Waals surface area contributed by atoms with Gasteiger partial charge < -0.3 is 0 Å². The highest BCUT2D eigenvalue weighted by Crippen LogP contribution is 2.30. The Morgan fingerprint density at radius 1 is 1.22 bits per heavy atom. The van der Waals surface area contributed by atoms with Gasteiger partial charge in [0.05, 0.1) is 10.6 Å². The van der Waals surface area contributed by atoms with Crippen molar-refractivity contribution in [1.29, 1.82) is 0 Å². The van der Waals surface area contributed by atoms with E-state index in [2.05, 4.69) is 28.5 Å². The fourth-order valence-electron chi connectivity index (χ4n) is 3.43. The molecule has 7 heteroatoms. The first-order valence-electron chi connectivity index (χ1n) is 8.66. The molecule has 6 nitrogen and oxygen atoms in total. The molecule has 0 unspecified atom stereocenters. The number of anilines is 1. The van der Waals surface area contributed by atoms with Crippen LogP contribution in [0, 0.1) is 17.0 Å². The van der Waals surface area contributed by atoms with Gasteiger partial charge in [-0.2, -0.15) is 0 Å². The van der Waals surface area contributed by atoms with Crippen LogP contribution < -0.4 is 5.32 Å². The first-order chi connectivity index (χ1) is 13.0. The number of fused-ring (bicyclic) bond motifs is 1. The van der Waals surface area contributed by atoms with Crippen molar-refractivity contribution in [2.45, 2.75) is 26.2 Å². The number of amides is 1. The van der Waals surface area contributed by atoms with Crippen LogP contribution in [0.4, 0.5) is 10.8 Å². The Bertz CT molecular complexity index is 1060. The average Bonchev–Trinajstić information content (AvgIpc) is 3.29. The molecule has 0 saturated carbocycles. The molecule has 3 aromatic rings. The summed E-state index contributed by atoms with van der Waals surface area (Å²) in [5, 5.41) is 16.2. The molecular weight excluding hydrogens is 362 g/mol. The molecule has 136 valence electrons. The summed E-state index contributed by atoms with van der Waals surface area (Å²) < 4.78 is 0. The van der Waals surface area contributed by atoms with Crippen molar-refractivity contribution < 1.29 is 9.72 Å². The van der Waals surface area contributed by atoms with E-state index in [4.69, 9.17) is 0 Å². The largest absolute Gasteiger partial charge is 0.298 e. The molecule has 2 aromatic carbocycles. The van der Waals surface area contributed by atoms with E-state index in [0.29, 0.717) is 10.7 Å². The number of nitrogens with one attached hydrogen (secondary N) is 1. The third kappa shape index (κ3) is 3.33. The van der Waals surface area contributed by atoms with Gasteiger partial charge in [0.1, 0.15) is 0 Å². The molecule has 1 aliphatic carbocycles. The van der Waals surface area contributed by atoms with E-state index in [-0.39, 0.29) is 11.3 Å². The molecule has 1 N–H and O–H groups in total. The number of aryl methyl sites for hydroxylation is 2. The van der Waals surface area contributed by atoms with Gasteiger partial charge in [0.2, 0.25) is 0 Å².